The zero-order valence-corrected chi connectivity index (χ0v) is 9.85. The van der Waals surface area contributed by atoms with Gasteiger partial charge in [-0.05, 0) is 51.3 Å². The number of hydrogen-bond acceptors (Lipinski definition) is 3. The SMILES string of the molecule is Fc1cc(-n2nnnc2C2CC2)ccc1Br. The first-order valence-corrected chi connectivity index (χ1v) is 5.78. The summed E-state index contributed by atoms with van der Waals surface area (Å²) in [5, 5.41) is 11.5. The molecule has 0 saturated heterocycles. The van der Waals surface area contributed by atoms with E-state index in [0.29, 0.717) is 16.1 Å². The first-order chi connectivity index (χ1) is 7.75. The normalized spacial score (nSPS) is 15.4. The Hall–Kier alpha value is -1.30. The van der Waals surface area contributed by atoms with Crippen LogP contribution in [0.15, 0.2) is 22.7 Å². The maximum atomic E-state index is 13.4. The fourth-order valence-corrected chi connectivity index (χ4v) is 1.84. The first-order valence-electron chi connectivity index (χ1n) is 4.99. The number of aromatic nitrogens is 4. The van der Waals surface area contributed by atoms with E-state index >= 15 is 0 Å². The topological polar surface area (TPSA) is 43.6 Å². The Kier molecular flexibility index (Phi) is 2.24. The van der Waals surface area contributed by atoms with Gasteiger partial charge in [0.05, 0.1) is 10.2 Å². The average Bonchev–Trinajstić information content (AvgIpc) is 3.01. The van der Waals surface area contributed by atoms with Crippen molar-refractivity contribution in [3.63, 3.8) is 0 Å². The van der Waals surface area contributed by atoms with E-state index in [2.05, 4.69) is 31.5 Å². The van der Waals surface area contributed by atoms with Crippen LogP contribution in [0.3, 0.4) is 0 Å². The van der Waals surface area contributed by atoms with Crippen LogP contribution in [-0.2, 0) is 0 Å². The van der Waals surface area contributed by atoms with Crippen molar-refractivity contribution in [1.82, 2.24) is 20.2 Å². The number of tetrazole rings is 1. The molecule has 6 heteroatoms. The zero-order chi connectivity index (χ0) is 11.1. The van der Waals surface area contributed by atoms with Gasteiger partial charge in [0.15, 0.2) is 5.82 Å². The van der Waals surface area contributed by atoms with E-state index in [9.17, 15) is 4.39 Å². The smallest absolute Gasteiger partial charge is 0.159 e. The summed E-state index contributed by atoms with van der Waals surface area (Å²) in [6.07, 6.45) is 2.22. The molecular formula is C10H8BrFN4. The standard InChI is InChI=1S/C10H8BrFN4/c11-8-4-3-7(5-9(8)12)16-10(6-1-2-6)13-14-15-16/h3-6H,1-2H2. The molecule has 4 nitrogen and oxygen atoms in total. The minimum Gasteiger partial charge on any atom is -0.206 e. The van der Waals surface area contributed by atoms with E-state index in [1.54, 1.807) is 16.8 Å². The summed E-state index contributed by atoms with van der Waals surface area (Å²) in [7, 11) is 0. The Morgan fingerprint density at radius 2 is 2.19 bits per heavy atom. The van der Waals surface area contributed by atoms with Gasteiger partial charge in [-0.15, -0.1) is 5.10 Å². The molecule has 1 aliphatic rings. The van der Waals surface area contributed by atoms with Crippen molar-refractivity contribution in [1.29, 1.82) is 0 Å². The van der Waals surface area contributed by atoms with E-state index < -0.39 is 0 Å². The highest BCUT2D eigenvalue weighted by Gasteiger charge is 2.30. The molecular weight excluding hydrogens is 275 g/mol. The van der Waals surface area contributed by atoms with Crippen molar-refractivity contribution >= 4 is 15.9 Å². The van der Waals surface area contributed by atoms with Gasteiger partial charge in [-0.25, -0.2) is 4.39 Å². The van der Waals surface area contributed by atoms with Crippen LogP contribution in [0.2, 0.25) is 0 Å². The third-order valence-electron chi connectivity index (χ3n) is 2.58. The fraction of sp³-hybridized carbons (Fsp3) is 0.300. The van der Waals surface area contributed by atoms with Crippen LogP contribution in [0, 0.1) is 5.82 Å². The summed E-state index contributed by atoms with van der Waals surface area (Å²) in [4.78, 5) is 0. The monoisotopic (exact) mass is 282 g/mol. The van der Waals surface area contributed by atoms with Crippen LogP contribution in [0.5, 0.6) is 0 Å². The molecule has 16 heavy (non-hydrogen) atoms. The second kappa shape index (κ2) is 3.62. The highest BCUT2D eigenvalue weighted by atomic mass is 79.9. The quantitative estimate of drug-likeness (QED) is 0.850. The van der Waals surface area contributed by atoms with Crippen molar-refractivity contribution in [3.05, 3.63) is 34.3 Å². The highest BCUT2D eigenvalue weighted by molar-refractivity contribution is 9.10. The van der Waals surface area contributed by atoms with E-state index in [1.807, 2.05) is 0 Å². The van der Waals surface area contributed by atoms with Crippen LogP contribution >= 0.6 is 15.9 Å². The van der Waals surface area contributed by atoms with Crippen LogP contribution in [-0.4, -0.2) is 20.2 Å². The predicted octanol–water partition coefficient (Wildman–Crippen LogP) is 2.44. The summed E-state index contributed by atoms with van der Waals surface area (Å²) < 4.78 is 15.4. The van der Waals surface area contributed by atoms with Crippen LogP contribution in [0.4, 0.5) is 4.39 Å². The van der Waals surface area contributed by atoms with Gasteiger partial charge < -0.3 is 0 Å². The minimum atomic E-state index is -0.310. The van der Waals surface area contributed by atoms with Crippen molar-refractivity contribution in [2.24, 2.45) is 0 Å². The van der Waals surface area contributed by atoms with Gasteiger partial charge in [0, 0.05) is 12.0 Å². The number of halogens is 2. The molecule has 3 rings (SSSR count). The third-order valence-corrected chi connectivity index (χ3v) is 3.23. The second-order valence-corrected chi connectivity index (χ2v) is 4.68. The van der Waals surface area contributed by atoms with Gasteiger partial charge in [-0.2, -0.15) is 4.68 Å². The predicted molar refractivity (Wildman–Crippen MR) is 58.8 cm³/mol. The number of nitrogens with zero attached hydrogens (tertiary/aromatic N) is 4. The summed E-state index contributed by atoms with van der Waals surface area (Å²) in [5.41, 5.74) is 0.660. The summed E-state index contributed by atoms with van der Waals surface area (Å²) >= 11 is 3.12. The second-order valence-electron chi connectivity index (χ2n) is 3.82. The van der Waals surface area contributed by atoms with Crippen molar-refractivity contribution in [3.8, 4) is 5.69 Å². The largest absolute Gasteiger partial charge is 0.206 e. The molecule has 0 N–H and O–H groups in total. The maximum Gasteiger partial charge on any atom is 0.159 e. The van der Waals surface area contributed by atoms with E-state index in [0.717, 1.165) is 18.7 Å². The zero-order valence-electron chi connectivity index (χ0n) is 8.27. The molecule has 0 atom stereocenters. The molecule has 0 radical (unpaired) electrons. The molecule has 1 aromatic carbocycles. The van der Waals surface area contributed by atoms with Gasteiger partial charge in [0.25, 0.3) is 0 Å². The molecule has 1 heterocycles. The molecule has 1 aliphatic carbocycles. The van der Waals surface area contributed by atoms with E-state index in [1.165, 1.54) is 6.07 Å². The molecule has 2 aromatic rings. The Bertz CT molecular complexity index is 535. The molecule has 0 spiro atoms. The fourth-order valence-electron chi connectivity index (χ4n) is 1.59. The molecule has 1 saturated carbocycles. The maximum absolute atomic E-state index is 13.4. The molecule has 0 aliphatic heterocycles. The minimum absolute atomic E-state index is 0.310. The highest BCUT2D eigenvalue weighted by Crippen LogP contribution is 2.39. The number of benzene rings is 1. The van der Waals surface area contributed by atoms with E-state index in [-0.39, 0.29) is 5.82 Å². The molecule has 1 aromatic heterocycles. The number of hydrogen-bond donors (Lipinski definition) is 0. The van der Waals surface area contributed by atoms with Gasteiger partial charge in [0.2, 0.25) is 0 Å². The summed E-state index contributed by atoms with van der Waals surface area (Å²) in [6.45, 7) is 0. The van der Waals surface area contributed by atoms with Crippen LogP contribution in [0.25, 0.3) is 5.69 Å². The summed E-state index contributed by atoms with van der Waals surface area (Å²) in [5.74, 6) is 0.943. The van der Waals surface area contributed by atoms with Gasteiger partial charge in [-0.1, -0.05) is 0 Å². The Labute approximate surface area is 99.6 Å². The first kappa shape index (κ1) is 9.89. The Morgan fingerprint density at radius 3 is 2.88 bits per heavy atom. The lowest BCUT2D eigenvalue weighted by Crippen LogP contribution is -2.02. The van der Waals surface area contributed by atoms with Crippen molar-refractivity contribution in [2.75, 3.05) is 0 Å². The van der Waals surface area contributed by atoms with Crippen molar-refractivity contribution < 1.29 is 4.39 Å². The third kappa shape index (κ3) is 1.63. The number of rotatable bonds is 2. The average molecular weight is 283 g/mol. The summed E-state index contributed by atoms with van der Waals surface area (Å²) in [6, 6.07) is 4.87. The Balaban J connectivity index is 2.07. The molecule has 82 valence electrons. The molecule has 0 unspecified atom stereocenters. The van der Waals surface area contributed by atoms with Gasteiger partial charge in [-0.3, -0.25) is 0 Å². The van der Waals surface area contributed by atoms with Gasteiger partial charge >= 0.3 is 0 Å². The van der Waals surface area contributed by atoms with Crippen LogP contribution < -0.4 is 0 Å². The lowest BCUT2D eigenvalue weighted by molar-refractivity contribution is 0.617. The molecule has 1 fully saturated rings. The lowest BCUT2D eigenvalue weighted by atomic mass is 10.3. The molecule has 0 amide bonds. The lowest BCUT2D eigenvalue weighted by Gasteiger charge is -2.04. The van der Waals surface area contributed by atoms with Crippen molar-refractivity contribution in [2.45, 2.75) is 18.8 Å². The van der Waals surface area contributed by atoms with E-state index in [4.69, 9.17) is 0 Å². The van der Waals surface area contributed by atoms with Crippen LogP contribution in [0.1, 0.15) is 24.6 Å². The molecule has 0 bridgehead atoms. The van der Waals surface area contributed by atoms with Gasteiger partial charge in [0.1, 0.15) is 5.82 Å². The Morgan fingerprint density at radius 1 is 1.38 bits per heavy atom.